The highest BCUT2D eigenvalue weighted by Crippen LogP contribution is 2.32. The van der Waals surface area contributed by atoms with Crippen molar-refractivity contribution in [2.75, 3.05) is 38.3 Å². The molecule has 1 aliphatic rings. The fraction of sp³-hybridized carbons (Fsp3) is 0.692. The Balaban J connectivity index is 1.95. The zero-order valence-electron chi connectivity index (χ0n) is 11.3. The second-order valence-corrected chi connectivity index (χ2v) is 4.81. The Morgan fingerprint density at radius 2 is 2.42 bits per heavy atom. The summed E-state index contributed by atoms with van der Waals surface area (Å²) in [6, 6.07) is 0. The molecule has 0 aromatic carbocycles. The number of hydrogen-bond acceptors (Lipinski definition) is 6. The number of anilines is 1. The first-order valence-electron chi connectivity index (χ1n) is 6.65. The highest BCUT2D eigenvalue weighted by atomic mass is 16.5. The minimum atomic E-state index is -0.00194. The van der Waals surface area contributed by atoms with Gasteiger partial charge in [-0.25, -0.2) is 0 Å². The van der Waals surface area contributed by atoms with Gasteiger partial charge in [0.25, 0.3) is 0 Å². The van der Waals surface area contributed by atoms with E-state index in [-0.39, 0.29) is 12.0 Å². The second kappa shape index (κ2) is 6.68. The summed E-state index contributed by atoms with van der Waals surface area (Å²) < 4.78 is 10.8. The molecule has 2 rings (SSSR count). The summed E-state index contributed by atoms with van der Waals surface area (Å²) in [4.78, 5) is 8.40. The second-order valence-electron chi connectivity index (χ2n) is 4.81. The van der Waals surface area contributed by atoms with Crippen molar-refractivity contribution in [3.05, 3.63) is 12.4 Å². The number of rotatable bonds is 7. The maximum atomic E-state index is 9.17. The average Bonchev–Trinajstić information content (AvgIpc) is 2.87. The van der Waals surface area contributed by atoms with Gasteiger partial charge in [-0.3, -0.25) is 4.98 Å². The number of aliphatic hydroxyl groups excluding tert-OH is 1. The highest BCUT2D eigenvalue weighted by molar-refractivity contribution is 5.33. The predicted octanol–water partition coefficient (Wildman–Crippen LogP) is 1.08. The number of aliphatic hydroxyl groups is 1. The van der Waals surface area contributed by atoms with Crippen molar-refractivity contribution < 1.29 is 14.6 Å². The third-order valence-electron chi connectivity index (χ3n) is 3.38. The molecule has 0 amide bonds. The monoisotopic (exact) mass is 267 g/mol. The van der Waals surface area contributed by atoms with Gasteiger partial charge in [-0.1, -0.05) is 0 Å². The molecule has 19 heavy (non-hydrogen) atoms. The molecule has 106 valence electrons. The molecule has 0 aliphatic carbocycles. The lowest BCUT2D eigenvalue weighted by Crippen LogP contribution is -2.31. The Morgan fingerprint density at radius 1 is 1.53 bits per heavy atom. The van der Waals surface area contributed by atoms with Crippen LogP contribution >= 0.6 is 0 Å². The molecule has 1 aromatic rings. The molecule has 1 aromatic heterocycles. The lowest BCUT2D eigenvalue weighted by atomic mass is 9.84. The molecule has 0 radical (unpaired) electrons. The van der Waals surface area contributed by atoms with E-state index in [0.717, 1.165) is 26.0 Å². The quantitative estimate of drug-likeness (QED) is 0.769. The summed E-state index contributed by atoms with van der Waals surface area (Å²) in [6.07, 6.45) is 4.96. The largest absolute Gasteiger partial charge is 0.477 e. The van der Waals surface area contributed by atoms with Crippen LogP contribution in [0.25, 0.3) is 0 Å². The summed E-state index contributed by atoms with van der Waals surface area (Å²) in [5.41, 5.74) is -0.00194. The molecule has 1 unspecified atom stereocenters. The van der Waals surface area contributed by atoms with Crippen molar-refractivity contribution in [3.8, 4) is 5.88 Å². The maximum absolute atomic E-state index is 9.17. The van der Waals surface area contributed by atoms with Crippen LogP contribution in [0.4, 0.5) is 5.82 Å². The van der Waals surface area contributed by atoms with Crippen molar-refractivity contribution in [3.63, 3.8) is 0 Å². The van der Waals surface area contributed by atoms with E-state index < -0.39 is 0 Å². The maximum Gasteiger partial charge on any atom is 0.234 e. The van der Waals surface area contributed by atoms with Gasteiger partial charge in [0.2, 0.25) is 5.88 Å². The van der Waals surface area contributed by atoms with Crippen LogP contribution in [0.5, 0.6) is 5.88 Å². The van der Waals surface area contributed by atoms with E-state index in [9.17, 15) is 5.11 Å². The zero-order valence-corrected chi connectivity index (χ0v) is 11.3. The normalized spacial score (nSPS) is 22.4. The molecule has 2 N–H and O–H groups in total. The molecule has 0 spiro atoms. The molecule has 6 heteroatoms. The van der Waals surface area contributed by atoms with Crippen LogP contribution in [-0.4, -0.2) is 48.0 Å². The Morgan fingerprint density at radius 3 is 3.11 bits per heavy atom. The molecule has 0 bridgehead atoms. The fourth-order valence-electron chi connectivity index (χ4n) is 2.24. The van der Waals surface area contributed by atoms with Gasteiger partial charge in [-0.05, 0) is 19.8 Å². The van der Waals surface area contributed by atoms with Gasteiger partial charge in [0.15, 0.2) is 0 Å². The van der Waals surface area contributed by atoms with Gasteiger partial charge in [-0.2, -0.15) is 4.98 Å². The van der Waals surface area contributed by atoms with E-state index in [1.165, 1.54) is 0 Å². The number of nitrogens with zero attached hydrogens (tertiary/aromatic N) is 2. The third kappa shape index (κ3) is 3.78. The summed E-state index contributed by atoms with van der Waals surface area (Å²) in [5, 5.41) is 12.4. The van der Waals surface area contributed by atoms with Crippen LogP contribution in [-0.2, 0) is 4.74 Å². The van der Waals surface area contributed by atoms with Crippen molar-refractivity contribution in [2.24, 2.45) is 5.41 Å². The van der Waals surface area contributed by atoms with Gasteiger partial charge in [0.05, 0.1) is 25.6 Å². The van der Waals surface area contributed by atoms with Gasteiger partial charge in [0, 0.05) is 25.2 Å². The first-order chi connectivity index (χ1) is 9.28. The molecule has 1 atom stereocenters. The van der Waals surface area contributed by atoms with Crippen molar-refractivity contribution in [1.29, 1.82) is 0 Å². The van der Waals surface area contributed by atoms with Gasteiger partial charge in [0.1, 0.15) is 5.82 Å². The Bertz CT molecular complexity index is 394. The van der Waals surface area contributed by atoms with Crippen molar-refractivity contribution in [1.82, 2.24) is 9.97 Å². The lowest BCUT2D eigenvalue weighted by Gasteiger charge is -2.26. The minimum Gasteiger partial charge on any atom is -0.477 e. The highest BCUT2D eigenvalue weighted by Gasteiger charge is 2.34. The van der Waals surface area contributed by atoms with E-state index in [0.29, 0.717) is 24.9 Å². The predicted molar refractivity (Wildman–Crippen MR) is 71.3 cm³/mol. The van der Waals surface area contributed by atoms with Crippen LogP contribution in [0.3, 0.4) is 0 Å². The van der Waals surface area contributed by atoms with Gasteiger partial charge in [-0.15, -0.1) is 0 Å². The van der Waals surface area contributed by atoms with Crippen LogP contribution in [0.1, 0.15) is 19.8 Å². The molecule has 1 saturated heterocycles. The van der Waals surface area contributed by atoms with Crippen LogP contribution < -0.4 is 10.1 Å². The molecular formula is C13H21N3O3. The van der Waals surface area contributed by atoms with E-state index in [1.54, 1.807) is 12.4 Å². The molecule has 0 saturated carbocycles. The topological polar surface area (TPSA) is 76.5 Å². The van der Waals surface area contributed by atoms with Gasteiger partial charge >= 0.3 is 0 Å². The Labute approximate surface area is 113 Å². The van der Waals surface area contributed by atoms with Crippen LogP contribution in [0.15, 0.2) is 12.4 Å². The summed E-state index contributed by atoms with van der Waals surface area (Å²) in [6.45, 7) is 4.81. The summed E-state index contributed by atoms with van der Waals surface area (Å²) in [5.74, 6) is 1.21. The number of nitrogens with one attached hydrogen (secondary N) is 1. The SMILES string of the molecule is CCOc1cncc(NCC2(CCO)CCOC2)n1. The molecule has 2 heterocycles. The first kappa shape index (κ1) is 14.0. The molecule has 6 nitrogen and oxygen atoms in total. The zero-order chi connectivity index (χ0) is 13.6. The average molecular weight is 267 g/mol. The van der Waals surface area contributed by atoms with E-state index in [1.807, 2.05) is 6.92 Å². The van der Waals surface area contributed by atoms with E-state index in [4.69, 9.17) is 9.47 Å². The first-order valence-corrected chi connectivity index (χ1v) is 6.65. The Kier molecular flexibility index (Phi) is 4.93. The minimum absolute atomic E-state index is 0.00194. The fourth-order valence-corrected chi connectivity index (χ4v) is 2.24. The van der Waals surface area contributed by atoms with Crippen LogP contribution in [0, 0.1) is 5.41 Å². The number of aromatic nitrogens is 2. The smallest absolute Gasteiger partial charge is 0.234 e. The molecular weight excluding hydrogens is 246 g/mol. The Hall–Kier alpha value is -1.40. The van der Waals surface area contributed by atoms with Crippen molar-refractivity contribution in [2.45, 2.75) is 19.8 Å². The van der Waals surface area contributed by atoms with E-state index in [2.05, 4.69) is 15.3 Å². The lowest BCUT2D eigenvalue weighted by molar-refractivity contribution is 0.133. The standard InChI is InChI=1S/C13H21N3O3/c1-2-19-12-8-14-7-11(16-12)15-9-13(3-5-17)4-6-18-10-13/h7-8,17H,2-6,9-10H2,1H3,(H,15,16). The van der Waals surface area contributed by atoms with E-state index >= 15 is 0 Å². The number of hydrogen-bond donors (Lipinski definition) is 2. The number of ether oxygens (including phenoxy) is 2. The van der Waals surface area contributed by atoms with Crippen molar-refractivity contribution >= 4 is 5.82 Å². The molecule has 1 fully saturated rings. The summed E-state index contributed by atoms with van der Waals surface area (Å²) >= 11 is 0. The van der Waals surface area contributed by atoms with Gasteiger partial charge < -0.3 is 19.9 Å². The van der Waals surface area contributed by atoms with Crippen LogP contribution in [0.2, 0.25) is 0 Å². The summed E-state index contributed by atoms with van der Waals surface area (Å²) in [7, 11) is 0. The molecule has 1 aliphatic heterocycles. The third-order valence-corrected chi connectivity index (χ3v) is 3.38.